The molecule has 0 heterocycles. The molecular formula is C13H19IO2. The minimum atomic E-state index is 0.207. The number of rotatable bonds is 7. The molecule has 0 aliphatic heterocycles. The highest BCUT2D eigenvalue weighted by molar-refractivity contribution is 14.1. The molecule has 0 spiro atoms. The molecule has 0 saturated heterocycles. The SMILES string of the molecule is COCCCOC(CI)c1ccccc1C. The molecule has 0 saturated carbocycles. The zero-order valence-electron chi connectivity index (χ0n) is 9.91. The second-order valence-electron chi connectivity index (χ2n) is 3.72. The number of benzene rings is 1. The highest BCUT2D eigenvalue weighted by Gasteiger charge is 2.11. The molecule has 1 aromatic carbocycles. The van der Waals surface area contributed by atoms with Gasteiger partial charge >= 0.3 is 0 Å². The Kier molecular flexibility index (Phi) is 7.00. The number of aryl methyl sites for hydroxylation is 1. The summed E-state index contributed by atoms with van der Waals surface area (Å²) in [6.45, 7) is 3.66. The molecular weight excluding hydrogens is 315 g/mol. The first-order chi connectivity index (χ1) is 7.79. The normalized spacial score (nSPS) is 12.7. The van der Waals surface area contributed by atoms with Crippen LogP contribution in [-0.4, -0.2) is 24.8 Å². The fourth-order valence-electron chi connectivity index (χ4n) is 1.59. The molecule has 0 radical (unpaired) electrons. The molecule has 0 aliphatic rings. The van der Waals surface area contributed by atoms with E-state index in [1.165, 1.54) is 11.1 Å². The highest BCUT2D eigenvalue weighted by atomic mass is 127. The van der Waals surface area contributed by atoms with Gasteiger partial charge in [-0.2, -0.15) is 0 Å². The molecule has 90 valence electrons. The van der Waals surface area contributed by atoms with Gasteiger partial charge in [0.25, 0.3) is 0 Å². The van der Waals surface area contributed by atoms with Crippen molar-refractivity contribution in [2.24, 2.45) is 0 Å². The van der Waals surface area contributed by atoms with Crippen LogP contribution in [0.1, 0.15) is 23.7 Å². The third-order valence-electron chi connectivity index (χ3n) is 2.49. The largest absolute Gasteiger partial charge is 0.385 e. The predicted molar refractivity (Wildman–Crippen MR) is 75.3 cm³/mol. The summed E-state index contributed by atoms with van der Waals surface area (Å²) in [6, 6.07) is 8.41. The Morgan fingerprint density at radius 2 is 2.00 bits per heavy atom. The first kappa shape index (κ1) is 13.9. The van der Waals surface area contributed by atoms with Crippen LogP contribution in [0.15, 0.2) is 24.3 Å². The van der Waals surface area contributed by atoms with Crippen molar-refractivity contribution in [1.82, 2.24) is 0 Å². The van der Waals surface area contributed by atoms with Gasteiger partial charge in [-0.3, -0.25) is 0 Å². The summed E-state index contributed by atoms with van der Waals surface area (Å²) >= 11 is 2.37. The summed E-state index contributed by atoms with van der Waals surface area (Å²) in [5.74, 6) is 0. The summed E-state index contributed by atoms with van der Waals surface area (Å²) in [4.78, 5) is 0. The number of ether oxygens (including phenoxy) is 2. The van der Waals surface area contributed by atoms with Crippen molar-refractivity contribution in [2.45, 2.75) is 19.4 Å². The molecule has 1 unspecified atom stereocenters. The van der Waals surface area contributed by atoms with Crippen LogP contribution in [0.3, 0.4) is 0 Å². The molecule has 0 aliphatic carbocycles. The van der Waals surface area contributed by atoms with Crippen molar-refractivity contribution in [3.8, 4) is 0 Å². The molecule has 0 N–H and O–H groups in total. The van der Waals surface area contributed by atoms with Gasteiger partial charge in [-0.25, -0.2) is 0 Å². The third-order valence-corrected chi connectivity index (χ3v) is 3.29. The van der Waals surface area contributed by atoms with E-state index < -0.39 is 0 Å². The molecule has 1 rings (SSSR count). The lowest BCUT2D eigenvalue weighted by Gasteiger charge is -2.17. The standard InChI is InChI=1S/C13H19IO2/c1-11-6-3-4-7-12(11)13(10-14)16-9-5-8-15-2/h3-4,6-7,13H,5,8-10H2,1-2H3. The summed E-state index contributed by atoms with van der Waals surface area (Å²) in [6.07, 6.45) is 1.16. The van der Waals surface area contributed by atoms with Gasteiger partial charge in [0.15, 0.2) is 0 Å². The van der Waals surface area contributed by atoms with E-state index in [0.29, 0.717) is 0 Å². The monoisotopic (exact) mass is 334 g/mol. The van der Waals surface area contributed by atoms with Crippen molar-refractivity contribution in [3.05, 3.63) is 35.4 Å². The lowest BCUT2D eigenvalue weighted by atomic mass is 10.0. The minimum absolute atomic E-state index is 0.207. The summed E-state index contributed by atoms with van der Waals surface area (Å²) in [7, 11) is 1.72. The number of alkyl halides is 1. The maximum atomic E-state index is 5.87. The lowest BCUT2D eigenvalue weighted by Crippen LogP contribution is -2.09. The second-order valence-corrected chi connectivity index (χ2v) is 4.60. The van der Waals surface area contributed by atoms with Crippen molar-refractivity contribution in [2.75, 3.05) is 24.8 Å². The highest BCUT2D eigenvalue weighted by Crippen LogP contribution is 2.23. The lowest BCUT2D eigenvalue weighted by molar-refractivity contribution is 0.0539. The van der Waals surface area contributed by atoms with Gasteiger partial charge in [0.05, 0.1) is 6.10 Å². The Morgan fingerprint density at radius 3 is 2.62 bits per heavy atom. The first-order valence-corrected chi connectivity index (χ1v) is 7.04. The van der Waals surface area contributed by atoms with E-state index in [9.17, 15) is 0 Å². The summed E-state index contributed by atoms with van der Waals surface area (Å²) < 4.78 is 11.9. The van der Waals surface area contributed by atoms with Crippen LogP contribution in [0.5, 0.6) is 0 Å². The molecule has 1 aromatic rings. The van der Waals surface area contributed by atoms with Crippen molar-refractivity contribution in [1.29, 1.82) is 0 Å². The maximum Gasteiger partial charge on any atom is 0.0916 e. The topological polar surface area (TPSA) is 18.5 Å². The van der Waals surface area contributed by atoms with E-state index in [-0.39, 0.29) is 6.10 Å². The van der Waals surface area contributed by atoms with Crippen LogP contribution >= 0.6 is 22.6 Å². The summed E-state index contributed by atoms with van der Waals surface area (Å²) in [5.41, 5.74) is 2.60. The van der Waals surface area contributed by atoms with Crippen molar-refractivity contribution < 1.29 is 9.47 Å². The van der Waals surface area contributed by atoms with Gasteiger partial charge in [0.1, 0.15) is 0 Å². The van der Waals surface area contributed by atoms with E-state index in [1.54, 1.807) is 7.11 Å². The van der Waals surface area contributed by atoms with Gasteiger partial charge in [-0.05, 0) is 24.5 Å². The van der Waals surface area contributed by atoms with Gasteiger partial charge in [0, 0.05) is 24.8 Å². The smallest absolute Gasteiger partial charge is 0.0916 e. The zero-order valence-corrected chi connectivity index (χ0v) is 12.1. The Hall–Kier alpha value is -0.130. The van der Waals surface area contributed by atoms with E-state index in [2.05, 4.69) is 53.8 Å². The maximum absolute atomic E-state index is 5.87. The molecule has 0 bridgehead atoms. The number of methoxy groups -OCH3 is 1. The van der Waals surface area contributed by atoms with E-state index >= 15 is 0 Å². The average Bonchev–Trinajstić information content (AvgIpc) is 2.31. The number of hydrogen-bond acceptors (Lipinski definition) is 2. The quantitative estimate of drug-likeness (QED) is 0.432. The molecule has 0 fully saturated rings. The molecule has 16 heavy (non-hydrogen) atoms. The van der Waals surface area contributed by atoms with Crippen molar-refractivity contribution >= 4 is 22.6 Å². The molecule has 3 heteroatoms. The number of hydrogen-bond donors (Lipinski definition) is 0. The second kappa shape index (κ2) is 8.03. The fourth-order valence-corrected chi connectivity index (χ4v) is 2.32. The Bertz CT molecular complexity index is 302. The Balaban J connectivity index is 2.51. The van der Waals surface area contributed by atoms with E-state index in [0.717, 1.165) is 24.1 Å². The summed E-state index contributed by atoms with van der Waals surface area (Å²) in [5, 5.41) is 0. The average molecular weight is 334 g/mol. The van der Waals surface area contributed by atoms with Crippen LogP contribution in [0.25, 0.3) is 0 Å². The zero-order chi connectivity index (χ0) is 11.8. The number of halogens is 1. The van der Waals surface area contributed by atoms with E-state index in [1.807, 2.05) is 0 Å². The minimum Gasteiger partial charge on any atom is -0.385 e. The Morgan fingerprint density at radius 1 is 1.25 bits per heavy atom. The molecule has 0 amide bonds. The molecule has 0 aromatic heterocycles. The Labute approximate surface area is 111 Å². The van der Waals surface area contributed by atoms with Crippen LogP contribution in [0.4, 0.5) is 0 Å². The van der Waals surface area contributed by atoms with Gasteiger partial charge < -0.3 is 9.47 Å². The van der Waals surface area contributed by atoms with Crippen molar-refractivity contribution in [3.63, 3.8) is 0 Å². The van der Waals surface area contributed by atoms with Gasteiger partial charge in [-0.15, -0.1) is 0 Å². The molecule has 2 nitrogen and oxygen atoms in total. The fraction of sp³-hybridized carbons (Fsp3) is 0.538. The predicted octanol–water partition coefficient (Wildman–Crippen LogP) is 3.52. The van der Waals surface area contributed by atoms with Crippen LogP contribution in [-0.2, 0) is 9.47 Å². The first-order valence-electron chi connectivity index (χ1n) is 5.51. The third kappa shape index (κ3) is 4.39. The van der Waals surface area contributed by atoms with Gasteiger partial charge in [0.2, 0.25) is 0 Å². The molecule has 1 atom stereocenters. The van der Waals surface area contributed by atoms with Gasteiger partial charge in [-0.1, -0.05) is 46.9 Å². The van der Waals surface area contributed by atoms with E-state index in [4.69, 9.17) is 9.47 Å². The van der Waals surface area contributed by atoms with Crippen LogP contribution < -0.4 is 0 Å². The van der Waals surface area contributed by atoms with Crippen LogP contribution in [0, 0.1) is 6.92 Å². The van der Waals surface area contributed by atoms with Crippen LogP contribution in [0.2, 0.25) is 0 Å².